The molecule has 94 valence electrons. The zero-order valence-corrected chi connectivity index (χ0v) is 10.2. The molecule has 0 atom stereocenters. The van der Waals surface area contributed by atoms with Gasteiger partial charge < -0.3 is 11.1 Å². The van der Waals surface area contributed by atoms with Crippen LogP contribution < -0.4 is 11.1 Å². The number of anilines is 2. The minimum absolute atomic E-state index is 0.0558. The second kappa shape index (κ2) is 5.44. The fourth-order valence-electron chi connectivity index (χ4n) is 1.58. The number of aromatic nitrogens is 2. The van der Waals surface area contributed by atoms with Crippen LogP contribution in [0.15, 0.2) is 30.5 Å². The number of hydrogen-bond donors (Lipinski definition) is 2. The van der Waals surface area contributed by atoms with E-state index in [-0.39, 0.29) is 11.8 Å². The first-order valence-electron chi connectivity index (χ1n) is 5.78. The molecule has 2 rings (SSSR count). The predicted octanol–water partition coefficient (Wildman–Crippen LogP) is 2.37. The summed E-state index contributed by atoms with van der Waals surface area (Å²) in [5.74, 6) is -0.323. The number of hydrogen-bond acceptors (Lipinski definition) is 4. The Labute approximate surface area is 105 Å². The second-order valence-corrected chi connectivity index (χ2v) is 3.95. The van der Waals surface area contributed by atoms with Crippen molar-refractivity contribution in [2.75, 3.05) is 11.1 Å². The quantitative estimate of drug-likeness (QED) is 0.869. The number of rotatable bonds is 4. The first-order valence-corrected chi connectivity index (χ1v) is 5.78. The summed E-state index contributed by atoms with van der Waals surface area (Å²) in [7, 11) is 0. The van der Waals surface area contributed by atoms with Crippen molar-refractivity contribution in [3.05, 3.63) is 47.4 Å². The highest BCUT2D eigenvalue weighted by Gasteiger charge is 2.04. The molecule has 18 heavy (non-hydrogen) atoms. The lowest BCUT2D eigenvalue weighted by molar-refractivity contribution is 0.617. The zero-order chi connectivity index (χ0) is 13.0. The van der Waals surface area contributed by atoms with Crippen molar-refractivity contribution >= 4 is 11.8 Å². The molecule has 0 radical (unpaired) electrons. The average molecular weight is 246 g/mol. The summed E-state index contributed by atoms with van der Waals surface area (Å²) in [5.41, 5.74) is 7.74. The van der Waals surface area contributed by atoms with Gasteiger partial charge in [-0.2, -0.15) is 4.98 Å². The van der Waals surface area contributed by atoms with E-state index in [1.165, 1.54) is 5.56 Å². The first-order chi connectivity index (χ1) is 8.69. The molecule has 0 amide bonds. The number of halogens is 1. The molecule has 2 aromatic rings. The second-order valence-electron chi connectivity index (χ2n) is 3.95. The predicted molar refractivity (Wildman–Crippen MR) is 69.5 cm³/mol. The minimum atomic E-state index is -0.505. The topological polar surface area (TPSA) is 63.8 Å². The maximum absolute atomic E-state index is 13.3. The number of nitrogens with one attached hydrogen (secondary N) is 1. The van der Waals surface area contributed by atoms with E-state index in [0.29, 0.717) is 6.54 Å². The molecular formula is C13H15FN4. The van der Waals surface area contributed by atoms with Crippen LogP contribution >= 0.6 is 0 Å². The molecule has 0 aliphatic carbocycles. The van der Waals surface area contributed by atoms with Crippen LogP contribution in [0.25, 0.3) is 0 Å². The van der Waals surface area contributed by atoms with Crippen LogP contribution in [-0.2, 0) is 13.0 Å². The molecule has 3 N–H and O–H groups in total. The number of nitrogen functional groups attached to an aromatic ring is 1. The Morgan fingerprint density at radius 2 is 1.89 bits per heavy atom. The molecule has 0 saturated carbocycles. The lowest BCUT2D eigenvalue weighted by atomic mass is 10.1. The molecular weight excluding hydrogens is 231 g/mol. The van der Waals surface area contributed by atoms with Crippen molar-refractivity contribution in [3.8, 4) is 0 Å². The number of aryl methyl sites for hydroxylation is 1. The number of nitrogens with two attached hydrogens (primary N) is 1. The van der Waals surface area contributed by atoms with Gasteiger partial charge in [0.2, 0.25) is 5.95 Å². The molecule has 0 aliphatic heterocycles. The number of nitrogens with zero attached hydrogens (tertiary/aromatic N) is 2. The van der Waals surface area contributed by atoms with E-state index in [9.17, 15) is 4.39 Å². The van der Waals surface area contributed by atoms with Gasteiger partial charge in [-0.3, -0.25) is 0 Å². The zero-order valence-electron chi connectivity index (χ0n) is 10.2. The first kappa shape index (κ1) is 12.3. The Kier molecular flexibility index (Phi) is 3.72. The summed E-state index contributed by atoms with van der Waals surface area (Å²) < 4.78 is 13.3. The Morgan fingerprint density at radius 1 is 1.22 bits per heavy atom. The van der Waals surface area contributed by atoms with Crippen LogP contribution in [0.1, 0.15) is 18.1 Å². The van der Waals surface area contributed by atoms with Crippen molar-refractivity contribution < 1.29 is 4.39 Å². The van der Waals surface area contributed by atoms with Gasteiger partial charge >= 0.3 is 0 Å². The fourth-order valence-corrected chi connectivity index (χ4v) is 1.58. The van der Waals surface area contributed by atoms with E-state index < -0.39 is 5.82 Å². The van der Waals surface area contributed by atoms with Crippen molar-refractivity contribution in [2.45, 2.75) is 19.9 Å². The number of benzene rings is 1. The van der Waals surface area contributed by atoms with Gasteiger partial charge in [0.05, 0.1) is 6.20 Å². The maximum atomic E-state index is 13.3. The van der Waals surface area contributed by atoms with Crippen LogP contribution in [0.4, 0.5) is 16.2 Å². The summed E-state index contributed by atoms with van der Waals surface area (Å²) >= 11 is 0. The molecule has 4 nitrogen and oxygen atoms in total. The smallest absolute Gasteiger partial charge is 0.222 e. The van der Waals surface area contributed by atoms with Gasteiger partial charge in [0.25, 0.3) is 0 Å². The van der Waals surface area contributed by atoms with Gasteiger partial charge in [-0.15, -0.1) is 0 Å². The molecule has 1 heterocycles. The molecule has 1 aromatic carbocycles. The van der Waals surface area contributed by atoms with Gasteiger partial charge in [-0.25, -0.2) is 9.37 Å². The summed E-state index contributed by atoms with van der Waals surface area (Å²) in [6.45, 7) is 2.60. The van der Waals surface area contributed by atoms with E-state index in [2.05, 4.69) is 34.3 Å². The van der Waals surface area contributed by atoms with E-state index in [0.717, 1.165) is 18.2 Å². The fraction of sp³-hybridized carbons (Fsp3) is 0.231. The van der Waals surface area contributed by atoms with E-state index in [4.69, 9.17) is 5.73 Å². The standard InChI is InChI=1S/C13H15FN4/c1-2-9-3-5-10(6-4-9)7-16-12-11(14)8-17-13(15)18-12/h3-6,8H,2,7H2,1H3,(H3,15,16,17,18). The monoisotopic (exact) mass is 246 g/mol. The molecule has 0 aliphatic rings. The van der Waals surface area contributed by atoms with Crippen LogP contribution in [0.2, 0.25) is 0 Å². The Hall–Kier alpha value is -2.17. The van der Waals surface area contributed by atoms with Crippen molar-refractivity contribution in [1.82, 2.24) is 9.97 Å². The maximum Gasteiger partial charge on any atom is 0.222 e. The highest BCUT2D eigenvalue weighted by Crippen LogP contribution is 2.12. The van der Waals surface area contributed by atoms with Crippen LogP contribution in [-0.4, -0.2) is 9.97 Å². The summed E-state index contributed by atoms with van der Waals surface area (Å²) in [6.07, 6.45) is 2.07. The van der Waals surface area contributed by atoms with E-state index in [1.54, 1.807) is 0 Å². The van der Waals surface area contributed by atoms with Crippen molar-refractivity contribution in [1.29, 1.82) is 0 Å². The molecule has 0 spiro atoms. The highest BCUT2D eigenvalue weighted by molar-refractivity contribution is 5.40. The molecule has 0 bridgehead atoms. The van der Waals surface area contributed by atoms with Crippen LogP contribution in [0.5, 0.6) is 0 Å². The minimum Gasteiger partial charge on any atom is -0.368 e. The van der Waals surface area contributed by atoms with Gasteiger partial charge in [-0.1, -0.05) is 31.2 Å². The summed E-state index contributed by atoms with van der Waals surface area (Å²) in [4.78, 5) is 7.37. The molecule has 0 saturated heterocycles. The SMILES string of the molecule is CCc1ccc(CNc2nc(N)ncc2F)cc1. The lowest BCUT2D eigenvalue weighted by Gasteiger charge is -2.07. The van der Waals surface area contributed by atoms with Gasteiger partial charge in [0.1, 0.15) is 0 Å². The third kappa shape index (κ3) is 2.94. The highest BCUT2D eigenvalue weighted by atomic mass is 19.1. The third-order valence-corrected chi connectivity index (χ3v) is 2.65. The largest absolute Gasteiger partial charge is 0.368 e. The Morgan fingerprint density at radius 3 is 2.56 bits per heavy atom. The molecule has 1 aromatic heterocycles. The van der Waals surface area contributed by atoms with Gasteiger partial charge in [-0.05, 0) is 17.5 Å². The van der Waals surface area contributed by atoms with E-state index in [1.807, 2.05) is 12.1 Å². The van der Waals surface area contributed by atoms with E-state index >= 15 is 0 Å². The van der Waals surface area contributed by atoms with Gasteiger partial charge in [0, 0.05) is 6.54 Å². The van der Waals surface area contributed by atoms with Crippen molar-refractivity contribution in [2.24, 2.45) is 0 Å². The average Bonchev–Trinajstić information content (AvgIpc) is 2.40. The summed E-state index contributed by atoms with van der Waals surface area (Å²) in [6, 6.07) is 8.13. The van der Waals surface area contributed by atoms with Crippen molar-refractivity contribution in [3.63, 3.8) is 0 Å². The Bertz CT molecular complexity index is 525. The lowest BCUT2D eigenvalue weighted by Crippen LogP contribution is -2.06. The molecule has 0 fully saturated rings. The summed E-state index contributed by atoms with van der Waals surface area (Å²) in [5, 5.41) is 2.90. The molecule has 5 heteroatoms. The third-order valence-electron chi connectivity index (χ3n) is 2.65. The normalized spacial score (nSPS) is 10.3. The van der Waals surface area contributed by atoms with Gasteiger partial charge in [0.15, 0.2) is 11.6 Å². The van der Waals surface area contributed by atoms with Crippen LogP contribution in [0.3, 0.4) is 0 Å². The Balaban J connectivity index is 2.04. The van der Waals surface area contributed by atoms with Crippen LogP contribution in [0, 0.1) is 5.82 Å². The molecule has 0 unspecified atom stereocenters.